The third kappa shape index (κ3) is 5.50. The summed E-state index contributed by atoms with van der Waals surface area (Å²) in [5, 5.41) is 33.4. The van der Waals surface area contributed by atoms with E-state index in [2.05, 4.69) is 0 Å². The Morgan fingerprint density at radius 1 is 0.897 bits per heavy atom. The molecule has 39 heavy (non-hydrogen) atoms. The molecule has 0 radical (unpaired) electrons. The molecule has 8 heteroatoms. The molecule has 2 aliphatic heterocycles. The van der Waals surface area contributed by atoms with Crippen molar-refractivity contribution in [3.8, 4) is 28.7 Å². The maximum absolute atomic E-state index is 11.8. The van der Waals surface area contributed by atoms with E-state index in [4.69, 9.17) is 23.7 Å². The van der Waals surface area contributed by atoms with Crippen molar-refractivity contribution in [2.75, 3.05) is 34.5 Å². The normalized spacial score (nSPS) is 23.7. The summed E-state index contributed by atoms with van der Waals surface area (Å²) in [5.41, 5.74) is 3.00. The molecule has 5 atom stereocenters. The fourth-order valence-corrected chi connectivity index (χ4v) is 5.87. The first-order chi connectivity index (χ1) is 18.9. The van der Waals surface area contributed by atoms with Crippen LogP contribution in [0.2, 0.25) is 0 Å². The fraction of sp³-hybridized carbons (Fsp3) is 0.419. The number of benzene rings is 3. The lowest BCUT2D eigenvalue weighted by atomic mass is 9.72. The van der Waals surface area contributed by atoms with Crippen molar-refractivity contribution in [2.24, 2.45) is 11.8 Å². The van der Waals surface area contributed by atoms with E-state index in [1.165, 1.54) is 0 Å². The van der Waals surface area contributed by atoms with Crippen LogP contribution in [0.3, 0.4) is 0 Å². The summed E-state index contributed by atoms with van der Waals surface area (Å²) in [6.45, 7) is 0.777. The van der Waals surface area contributed by atoms with Crippen LogP contribution in [0.25, 0.3) is 0 Å². The van der Waals surface area contributed by atoms with Gasteiger partial charge in [0.05, 0.1) is 33.0 Å². The van der Waals surface area contributed by atoms with Crippen molar-refractivity contribution >= 4 is 0 Å². The smallest absolute Gasteiger partial charge is 0.128 e. The average Bonchev–Trinajstić information content (AvgIpc) is 2.94. The number of aliphatic hydroxyl groups is 2. The number of aromatic hydroxyl groups is 1. The minimum Gasteiger partial charge on any atom is -0.508 e. The second-order valence-corrected chi connectivity index (χ2v) is 10.2. The van der Waals surface area contributed by atoms with Gasteiger partial charge in [0.1, 0.15) is 34.9 Å². The van der Waals surface area contributed by atoms with Crippen LogP contribution in [0.4, 0.5) is 0 Å². The Kier molecular flexibility index (Phi) is 8.16. The Morgan fingerprint density at radius 3 is 2.44 bits per heavy atom. The zero-order valence-electron chi connectivity index (χ0n) is 22.5. The van der Waals surface area contributed by atoms with Crippen LogP contribution in [-0.2, 0) is 11.2 Å². The van der Waals surface area contributed by atoms with E-state index in [1.807, 2.05) is 24.3 Å². The molecule has 3 aromatic carbocycles. The van der Waals surface area contributed by atoms with Gasteiger partial charge in [-0.3, -0.25) is 0 Å². The summed E-state index contributed by atoms with van der Waals surface area (Å²) in [5.74, 6) is 1.74. The molecule has 3 N–H and O–H groups in total. The van der Waals surface area contributed by atoms with E-state index >= 15 is 0 Å². The highest BCUT2D eigenvalue weighted by molar-refractivity contribution is 5.52. The zero-order chi connectivity index (χ0) is 27.5. The van der Waals surface area contributed by atoms with Crippen molar-refractivity contribution in [1.29, 1.82) is 0 Å². The molecule has 3 aromatic rings. The predicted octanol–water partition coefficient (Wildman–Crippen LogP) is 4.58. The van der Waals surface area contributed by atoms with Crippen molar-refractivity contribution in [2.45, 2.75) is 37.6 Å². The monoisotopic (exact) mass is 536 g/mol. The zero-order valence-corrected chi connectivity index (χ0v) is 22.5. The summed E-state index contributed by atoms with van der Waals surface area (Å²) in [4.78, 5) is 0. The maximum Gasteiger partial charge on any atom is 0.128 e. The fourth-order valence-electron chi connectivity index (χ4n) is 5.87. The molecular formula is C31H36O8. The summed E-state index contributed by atoms with van der Waals surface area (Å²) < 4.78 is 29.0. The number of phenolic OH excluding ortho intramolecular Hbond substituents is 1. The van der Waals surface area contributed by atoms with Gasteiger partial charge < -0.3 is 39.0 Å². The van der Waals surface area contributed by atoms with Crippen molar-refractivity contribution in [1.82, 2.24) is 0 Å². The van der Waals surface area contributed by atoms with E-state index in [-0.39, 0.29) is 18.5 Å². The number of hydrogen-bond donors (Lipinski definition) is 3. The van der Waals surface area contributed by atoms with Gasteiger partial charge in [0, 0.05) is 48.7 Å². The number of ether oxygens (including phenoxy) is 5. The van der Waals surface area contributed by atoms with Crippen LogP contribution in [0, 0.1) is 11.8 Å². The van der Waals surface area contributed by atoms with Gasteiger partial charge in [-0.25, -0.2) is 0 Å². The predicted molar refractivity (Wildman–Crippen MR) is 145 cm³/mol. The summed E-state index contributed by atoms with van der Waals surface area (Å²) in [7, 11) is 4.83. The average molecular weight is 537 g/mol. The van der Waals surface area contributed by atoms with Gasteiger partial charge in [0.2, 0.25) is 0 Å². The third-order valence-electron chi connectivity index (χ3n) is 7.79. The first-order valence-electron chi connectivity index (χ1n) is 13.2. The minimum absolute atomic E-state index is 0.188. The number of phenols is 1. The second-order valence-electron chi connectivity index (χ2n) is 10.2. The van der Waals surface area contributed by atoms with Crippen LogP contribution >= 0.6 is 0 Å². The molecule has 5 rings (SSSR count). The van der Waals surface area contributed by atoms with E-state index in [9.17, 15) is 15.3 Å². The molecule has 0 aromatic heterocycles. The lowest BCUT2D eigenvalue weighted by molar-refractivity contribution is -0.0889. The van der Waals surface area contributed by atoms with E-state index in [0.717, 1.165) is 17.5 Å². The summed E-state index contributed by atoms with van der Waals surface area (Å²) >= 11 is 0. The van der Waals surface area contributed by atoms with Crippen LogP contribution in [-0.4, -0.2) is 56.0 Å². The number of hydrogen-bond acceptors (Lipinski definition) is 8. The summed E-state index contributed by atoms with van der Waals surface area (Å²) in [6.07, 6.45) is -0.271. The Morgan fingerprint density at radius 2 is 1.69 bits per heavy atom. The highest BCUT2D eigenvalue weighted by atomic mass is 16.5. The van der Waals surface area contributed by atoms with Gasteiger partial charge in [-0.05, 0) is 60.9 Å². The lowest BCUT2D eigenvalue weighted by Crippen LogP contribution is -2.46. The van der Waals surface area contributed by atoms with Gasteiger partial charge in [0.25, 0.3) is 0 Å². The SMILES string of the molecule is COCCC[C@H]1Oc2ccc(OC)cc2[C@H](O)[C@@H]1[C@@H]1COc2c(Cc3cccc(O)c3)cc(OC)cc2[C@H]1O. The number of methoxy groups -OCH3 is 3. The van der Waals surface area contributed by atoms with Crippen molar-refractivity contribution < 1.29 is 39.0 Å². The first-order valence-corrected chi connectivity index (χ1v) is 13.2. The third-order valence-corrected chi connectivity index (χ3v) is 7.79. The number of fused-ring (bicyclic) bond motifs is 2. The molecule has 0 fully saturated rings. The molecule has 2 heterocycles. The molecule has 8 nitrogen and oxygen atoms in total. The summed E-state index contributed by atoms with van der Waals surface area (Å²) in [6, 6.07) is 16.2. The maximum atomic E-state index is 11.8. The number of rotatable bonds is 9. The van der Waals surface area contributed by atoms with Gasteiger partial charge in [-0.15, -0.1) is 0 Å². The van der Waals surface area contributed by atoms with E-state index < -0.39 is 24.0 Å². The molecule has 0 amide bonds. The Balaban J connectivity index is 1.50. The largest absolute Gasteiger partial charge is 0.508 e. The highest BCUT2D eigenvalue weighted by Crippen LogP contribution is 2.51. The highest BCUT2D eigenvalue weighted by Gasteiger charge is 2.47. The molecule has 0 aliphatic carbocycles. The van der Waals surface area contributed by atoms with Crippen LogP contribution < -0.4 is 18.9 Å². The van der Waals surface area contributed by atoms with E-state index in [1.54, 1.807) is 51.7 Å². The molecule has 0 saturated heterocycles. The number of aliphatic hydroxyl groups excluding tert-OH is 2. The molecule has 0 saturated carbocycles. The molecular weight excluding hydrogens is 500 g/mol. The Bertz CT molecular complexity index is 1290. The molecule has 0 spiro atoms. The Hall–Kier alpha value is -3.46. The van der Waals surface area contributed by atoms with Gasteiger partial charge in [-0.2, -0.15) is 0 Å². The molecule has 208 valence electrons. The van der Waals surface area contributed by atoms with Gasteiger partial charge in [0.15, 0.2) is 0 Å². The van der Waals surface area contributed by atoms with Crippen LogP contribution in [0.1, 0.15) is 47.3 Å². The molecule has 0 unspecified atom stereocenters. The van der Waals surface area contributed by atoms with E-state index in [0.29, 0.717) is 53.6 Å². The van der Waals surface area contributed by atoms with Crippen molar-refractivity contribution in [3.05, 3.63) is 76.9 Å². The van der Waals surface area contributed by atoms with Crippen LogP contribution in [0.15, 0.2) is 54.6 Å². The standard InChI is InChI=1S/C31H36O8/c1-35-11-5-8-27-28(30(34)23-15-21(36-2)9-10-26(23)39-27)25-17-38-31-19(12-18-6-4-7-20(32)13-18)14-22(37-3)16-24(31)29(25)33/h4,6-7,9-10,13-16,25,27-30,32-34H,5,8,11-12,17H2,1-3H3/t25-,27+,28+,29+,30-/m0/s1. The quantitative estimate of drug-likeness (QED) is 0.341. The lowest BCUT2D eigenvalue weighted by Gasteiger charge is -2.44. The molecule has 2 aliphatic rings. The second kappa shape index (κ2) is 11.7. The topological polar surface area (TPSA) is 107 Å². The first kappa shape index (κ1) is 27.1. The molecule has 0 bridgehead atoms. The minimum atomic E-state index is -0.924. The van der Waals surface area contributed by atoms with Gasteiger partial charge >= 0.3 is 0 Å². The van der Waals surface area contributed by atoms with Crippen molar-refractivity contribution in [3.63, 3.8) is 0 Å². The van der Waals surface area contributed by atoms with Crippen LogP contribution in [0.5, 0.6) is 28.7 Å². The van der Waals surface area contributed by atoms with Gasteiger partial charge in [-0.1, -0.05) is 12.1 Å². The Labute approximate surface area is 228 Å².